The summed E-state index contributed by atoms with van der Waals surface area (Å²) in [5, 5.41) is 10.0. The van der Waals surface area contributed by atoms with Gasteiger partial charge in [-0.15, -0.1) is 0 Å². The topological polar surface area (TPSA) is 109 Å². The third-order valence-corrected chi connectivity index (χ3v) is 5.81. The normalized spacial score (nSPS) is 15.3. The van der Waals surface area contributed by atoms with Crippen molar-refractivity contribution in [1.29, 1.82) is 5.26 Å². The van der Waals surface area contributed by atoms with E-state index in [1.807, 2.05) is 12.1 Å². The molecule has 2 heterocycles. The van der Waals surface area contributed by atoms with Crippen LogP contribution in [-0.4, -0.2) is 49.7 Å². The van der Waals surface area contributed by atoms with Crippen LogP contribution in [0.3, 0.4) is 0 Å². The van der Waals surface area contributed by atoms with E-state index in [-0.39, 0.29) is 29.8 Å². The van der Waals surface area contributed by atoms with Gasteiger partial charge in [0.25, 0.3) is 0 Å². The van der Waals surface area contributed by atoms with Crippen molar-refractivity contribution in [2.24, 2.45) is 0 Å². The van der Waals surface area contributed by atoms with Gasteiger partial charge in [-0.25, -0.2) is 0 Å². The van der Waals surface area contributed by atoms with Crippen LogP contribution in [0.25, 0.3) is 10.9 Å². The molecule has 0 radical (unpaired) electrons. The molecule has 0 saturated carbocycles. The van der Waals surface area contributed by atoms with Crippen molar-refractivity contribution in [2.45, 2.75) is 11.4 Å². The summed E-state index contributed by atoms with van der Waals surface area (Å²) >= 11 is -2.32. The number of anilines is 1. The molecule has 0 N–H and O–H groups in total. The fourth-order valence-electron chi connectivity index (χ4n) is 3.60. The molecule has 1 atom stereocenters. The molecule has 0 aliphatic carbocycles. The van der Waals surface area contributed by atoms with E-state index in [2.05, 4.69) is 6.07 Å². The van der Waals surface area contributed by atoms with Gasteiger partial charge in [0.1, 0.15) is 13.1 Å². The maximum atomic E-state index is 12.8. The summed E-state index contributed by atoms with van der Waals surface area (Å²) in [4.78, 5) is 28.6. The maximum Gasteiger partial charge on any atom is 0.246 e. The van der Waals surface area contributed by atoms with Gasteiger partial charge in [0.2, 0.25) is 11.8 Å². The van der Waals surface area contributed by atoms with Gasteiger partial charge in [0.15, 0.2) is 0 Å². The van der Waals surface area contributed by atoms with Gasteiger partial charge >= 0.3 is 0 Å². The smallest absolute Gasteiger partial charge is 0.246 e. The monoisotopic (exact) mass is 421 g/mol. The quantitative estimate of drug-likeness (QED) is 0.595. The number of nitriles is 1. The van der Waals surface area contributed by atoms with Gasteiger partial charge in [-0.2, -0.15) is 5.26 Å². The summed E-state index contributed by atoms with van der Waals surface area (Å²) in [5.41, 5.74) is 1.94. The Hall–Kier alpha value is -3.48. The van der Waals surface area contributed by atoms with Crippen LogP contribution in [0.5, 0.6) is 0 Å². The summed E-state index contributed by atoms with van der Waals surface area (Å²) in [6.07, 6.45) is 1.77. The minimum Gasteiger partial charge on any atom is -0.768 e. The van der Waals surface area contributed by atoms with E-state index in [0.717, 1.165) is 10.9 Å². The molecule has 2 amide bonds. The average molecular weight is 421 g/mol. The predicted octanol–water partition coefficient (Wildman–Crippen LogP) is 1.63. The number of hydrogen-bond donors (Lipinski definition) is 0. The number of benzene rings is 2. The van der Waals surface area contributed by atoms with Crippen molar-refractivity contribution in [3.8, 4) is 6.07 Å². The Labute approximate surface area is 175 Å². The Bertz CT molecular complexity index is 1200. The van der Waals surface area contributed by atoms with Crippen LogP contribution in [-0.2, 0) is 27.2 Å². The molecule has 1 unspecified atom stereocenters. The largest absolute Gasteiger partial charge is 0.768 e. The van der Waals surface area contributed by atoms with Crippen molar-refractivity contribution in [3.05, 3.63) is 60.3 Å². The second kappa shape index (κ2) is 8.10. The van der Waals surface area contributed by atoms with Gasteiger partial charge in [-0.05, 0) is 53.5 Å². The number of amides is 2. The highest BCUT2D eigenvalue weighted by atomic mass is 32.2. The fourth-order valence-corrected chi connectivity index (χ4v) is 3.96. The zero-order chi connectivity index (χ0) is 21.3. The Kier molecular flexibility index (Phi) is 5.35. The highest BCUT2D eigenvalue weighted by molar-refractivity contribution is 7.79. The van der Waals surface area contributed by atoms with Crippen LogP contribution in [0.1, 0.15) is 5.56 Å². The van der Waals surface area contributed by atoms with Crippen molar-refractivity contribution >= 4 is 39.5 Å². The number of rotatable bonds is 4. The third-order valence-electron chi connectivity index (χ3n) is 5.15. The van der Waals surface area contributed by atoms with Crippen molar-refractivity contribution in [2.75, 3.05) is 24.5 Å². The molecule has 1 aliphatic heterocycles. The summed E-state index contributed by atoms with van der Waals surface area (Å²) < 4.78 is 23.7. The first-order valence-corrected chi connectivity index (χ1v) is 10.3. The van der Waals surface area contributed by atoms with E-state index in [0.29, 0.717) is 24.3 Å². The molecule has 1 saturated heterocycles. The van der Waals surface area contributed by atoms with E-state index in [4.69, 9.17) is 0 Å². The molecule has 152 valence electrons. The van der Waals surface area contributed by atoms with Gasteiger partial charge in [-0.3, -0.25) is 13.8 Å². The van der Waals surface area contributed by atoms with E-state index in [1.54, 1.807) is 39.9 Å². The highest BCUT2D eigenvalue weighted by Gasteiger charge is 2.28. The molecule has 1 aliphatic rings. The van der Waals surface area contributed by atoms with E-state index >= 15 is 0 Å². The lowest BCUT2D eigenvalue weighted by molar-refractivity contribution is -0.137. The Morgan fingerprint density at radius 3 is 2.57 bits per heavy atom. The molecule has 1 aromatic heterocycles. The lowest BCUT2D eigenvalue weighted by atomic mass is 10.1. The number of piperazine rings is 1. The van der Waals surface area contributed by atoms with Crippen LogP contribution in [0.15, 0.2) is 59.6 Å². The molecular formula is C21H17N4O4S-. The number of carbonyl (C=O) groups is 2. The first kappa shape index (κ1) is 19.8. The first-order valence-electron chi connectivity index (χ1n) is 9.23. The molecule has 4 rings (SSSR count). The molecule has 1 fully saturated rings. The lowest BCUT2D eigenvalue weighted by Gasteiger charge is -2.34. The number of nitrogens with zero attached hydrogens (tertiary/aromatic N) is 4. The first-order chi connectivity index (χ1) is 14.5. The van der Waals surface area contributed by atoms with Gasteiger partial charge in [0.05, 0.1) is 11.6 Å². The molecule has 2 aromatic carbocycles. The lowest BCUT2D eigenvalue weighted by Crippen LogP contribution is -2.53. The Morgan fingerprint density at radius 1 is 1.13 bits per heavy atom. The predicted molar refractivity (Wildman–Crippen MR) is 109 cm³/mol. The standard InChI is InChI=1S/C21H18N4O4S/c22-12-15-2-1-3-19-18(15)8-9-23(19)13-20(26)24-10-11-25(21(27)14-24)16-4-6-17(7-5-16)30(28)29/h1-9H,10-11,13-14H2,(H,28,29)/p-1. The van der Waals surface area contributed by atoms with Crippen molar-refractivity contribution in [1.82, 2.24) is 9.47 Å². The second-order valence-electron chi connectivity index (χ2n) is 6.88. The number of aromatic nitrogens is 1. The van der Waals surface area contributed by atoms with Crippen molar-refractivity contribution in [3.63, 3.8) is 0 Å². The zero-order valence-electron chi connectivity index (χ0n) is 15.9. The van der Waals surface area contributed by atoms with Crippen LogP contribution in [0, 0.1) is 11.3 Å². The van der Waals surface area contributed by atoms with Crippen LogP contribution in [0.2, 0.25) is 0 Å². The van der Waals surface area contributed by atoms with Gasteiger partial charge in [0, 0.05) is 40.8 Å². The maximum absolute atomic E-state index is 12.8. The number of carbonyl (C=O) groups excluding carboxylic acids is 2. The van der Waals surface area contributed by atoms with Gasteiger partial charge < -0.3 is 18.9 Å². The molecule has 30 heavy (non-hydrogen) atoms. The minimum absolute atomic E-state index is 0.0449. The molecule has 9 heteroatoms. The van der Waals surface area contributed by atoms with Crippen molar-refractivity contribution < 1.29 is 18.4 Å². The fraction of sp³-hybridized carbons (Fsp3) is 0.190. The van der Waals surface area contributed by atoms with Crippen LogP contribution >= 0.6 is 0 Å². The van der Waals surface area contributed by atoms with E-state index in [1.165, 1.54) is 17.0 Å². The Balaban J connectivity index is 1.44. The van der Waals surface area contributed by atoms with Gasteiger partial charge in [-0.1, -0.05) is 6.07 Å². The molecule has 8 nitrogen and oxygen atoms in total. The van der Waals surface area contributed by atoms with Crippen LogP contribution < -0.4 is 4.90 Å². The third kappa shape index (κ3) is 3.70. The summed E-state index contributed by atoms with van der Waals surface area (Å²) in [7, 11) is 0. The van der Waals surface area contributed by atoms with E-state index < -0.39 is 11.1 Å². The number of fused-ring (bicyclic) bond motifs is 1. The molecule has 0 spiro atoms. The molecule has 3 aromatic rings. The SMILES string of the molecule is N#Cc1cccc2c1ccn2CC(=O)N1CCN(c2ccc(S(=O)[O-])cc2)C(=O)C1. The minimum atomic E-state index is -2.32. The summed E-state index contributed by atoms with van der Waals surface area (Å²) in [6, 6.07) is 15.4. The Morgan fingerprint density at radius 2 is 1.90 bits per heavy atom. The highest BCUT2D eigenvalue weighted by Crippen LogP contribution is 2.21. The summed E-state index contributed by atoms with van der Waals surface area (Å²) in [5.74, 6) is -0.408. The molecular weight excluding hydrogens is 404 g/mol. The number of hydrogen-bond acceptors (Lipinski definition) is 5. The van der Waals surface area contributed by atoms with Crippen LogP contribution in [0.4, 0.5) is 5.69 Å². The average Bonchev–Trinajstić information content (AvgIpc) is 3.16. The summed E-state index contributed by atoms with van der Waals surface area (Å²) in [6.45, 7) is 0.740. The second-order valence-corrected chi connectivity index (χ2v) is 7.82. The van der Waals surface area contributed by atoms with E-state index in [9.17, 15) is 23.6 Å². The molecule has 0 bridgehead atoms. The zero-order valence-corrected chi connectivity index (χ0v) is 16.7.